The largest absolute Gasteiger partial charge is 0.338 e. The van der Waals surface area contributed by atoms with Gasteiger partial charge in [0.15, 0.2) is 0 Å². The summed E-state index contributed by atoms with van der Waals surface area (Å²) in [6.07, 6.45) is 0. The molecular weight excluding hydrogens is 400 g/mol. The molecule has 1 fully saturated rings. The molecule has 0 radical (unpaired) electrons. The summed E-state index contributed by atoms with van der Waals surface area (Å²) in [5.41, 5.74) is 2.04. The van der Waals surface area contributed by atoms with Crippen molar-refractivity contribution >= 4 is 10.0 Å². The van der Waals surface area contributed by atoms with Gasteiger partial charge >= 0.3 is 0 Å². The molecule has 158 valence electrons. The van der Waals surface area contributed by atoms with Crippen LogP contribution in [0.3, 0.4) is 0 Å². The van der Waals surface area contributed by atoms with Crippen LogP contribution in [0.25, 0.3) is 11.4 Å². The Bertz CT molecular complexity index is 1070. The number of piperazine rings is 1. The Morgan fingerprint density at radius 1 is 0.967 bits per heavy atom. The van der Waals surface area contributed by atoms with Crippen molar-refractivity contribution in [3.63, 3.8) is 0 Å². The fourth-order valence-corrected chi connectivity index (χ4v) is 4.94. The van der Waals surface area contributed by atoms with Gasteiger partial charge < -0.3 is 4.52 Å². The third-order valence-corrected chi connectivity index (χ3v) is 7.29. The summed E-state index contributed by atoms with van der Waals surface area (Å²) in [4.78, 5) is 6.95. The Hall–Kier alpha value is -2.55. The molecule has 0 N–H and O–H groups in total. The maximum atomic E-state index is 13.0. The Labute approximate surface area is 177 Å². The minimum absolute atomic E-state index is 0.352. The van der Waals surface area contributed by atoms with Crippen LogP contribution in [0.1, 0.15) is 31.2 Å². The number of sulfonamides is 1. The second kappa shape index (κ2) is 8.67. The predicted octanol–water partition coefficient (Wildman–Crippen LogP) is 3.37. The van der Waals surface area contributed by atoms with Crippen molar-refractivity contribution in [2.45, 2.75) is 31.2 Å². The van der Waals surface area contributed by atoms with E-state index in [1.807, 2.05) is 42.5 Å². The van der Waals surface area contributed by atoms with Crippen LogP contribution in [0.15, 0.2) is 64.0 Å². The van der Waals surface area contributed by atoms with E-state index in [-0.39, 0.29) is 0 Å². The lowest BCUT2D eigenvalue weighted by atomic mass is 10.0. The highest BCUT2D eigenvalue weighted by Crippen LogP contribution is 2.22. The number of rotatable bonds is 6. The Balaban J connectivity index is 1.36. The molecule has 1 aromatic heterocycles. The molecule has 1 aliphatic heterocycles. The molecule has 4 rings (SSSR count). The smallest absolute Gasteiger partial charge is 0.243 e. The van der Waals surface area contributed by atoms with Gasteiger partial charge in [0.2, 0.25) is 21.7 Å². The molecule has 0 unspecified atom stereocenters. The highest BCUT2D eigenvalue weighted by Gasteiger charge is 2.29. The molecule has 0 aliphatic carbocycles. The first-order chi connectivity index (χ1) is 14.4. The van der Waals surface area contributed by atoms with E-state index in [2.05, 4.69) is 28.9 Å². The van der Waals surface area contributed by atoms with Gasteiger partial charge in [0.1, 0.15) is 0 Å². The Kier molecular flexibility index (Phi) is 5.99. The quantitative estimate of drug-likeness (QED) is 0.601. The number of aromatic nitrogens is 2. The van der Waals surface area contributed by atoms with Crippen molar-refractivity contribution in [1.82, 2.24) is 19.3 Å². The maximum Gasteiger partial charge on any atom is 0.243 e. The van der Waals surface area contributed by atoms with E-state index >= 15 is 0 Å². The van der Waals surface area contributed by atoms with E-state index in [9.17, 15) is 8.42 Å². The average Bonchev–Trinajstić information content (AvgIpc) is 3.23. The molecule has 2 heterocycles. The molecule has 0 spiro atoms. The first-order valence-electron chi connectivity index (χ1n) is 10.1. The molecule has 2 aromatic carbocycles. The van der Waals surface area contributed by atoms with Gasteiger partial charge in [-0.3, -0.25) is 4.90 Å². The van der Waals surface area contributed by atoms with E-state index in [1.165, 1.54) is 0 Å². The van der Waals surface area contributed by atoms with E-state index < -0.39 is 10.0 Å². The number of hydrogen-bond donors (Lipinski definition) is 0. The van der Waals surface area contributed by atoms with E-state index in [0.717, 1.165) is 11.1 Å². The highest BCUT2D eigenvalue weighted by molar-refractivity contribution is 7.89. The summed E-state index contributed by atoms with van der Waals surface area (Å²) in [7, 11) is -3.48. The van der Waals surface area contributed by atoms with Crippen LogP contribution in [-0.2, 0) is 16.6 Å². The molecule has 1 aliphatic rings. The normalized spacial score (nSPS) is 16.2. The summed E-state index contributed by atoms with van der Waals surface area (Å²) in [6.45, 7) is 6.81. The zero-order chi connectivity index (χ0) is 21.1. The summed E-state index contributed by atoms with van der Waals surface area (Å²) in [5, 5.41) is 4.05. The minimum Gasteiger partial charge on any atom is -0.338 e. The van der Waals surface area contributed by atoms with Gasteiger partial charge in [0, 0.05) is 31.7 Å². The van der Waals surface area contributed by atoms with Gasteiger partial charge in [-0.15, -0.1) is 0 Å². The standard InChI is InChI=1S/C22H26N4O3S/c1-17(2)18-8-10-20(11-9-18)30(27,28)26-14-12-25(13-15-26)16-21-23-22(24-29-21)19-6-4-3-5-7-19/h3-11,17H,12-16H2,1-2H3. The van der Waals surface area contributed by atoms with Crippen LogP contribution in [0.2, 0.25) is 0 Å². The van der Waals surface area contributed by atoms with Crippen molar-refractivity contribution in [2.75, 3.05) is 26.2 Å². The molecule has 3 aromatic rings. The molecule has 0 atom stereocenters. The lowest BCUT2D eigenvalue weighted by molar-refractivity contribution is 0.163. The van der Waals surface area contributed by atoms with Gasteiger partial charge in [-0.05, 0) is 23.6 Å². The highest BCUT2D eigenvalue weighted by atomic mass is 32.2. The molecule has 0 amide bonds. The lowest BCUT2D eigenvalue weighted by Gasteiger charge is -2.33. The van der Waals surface area contributed by atoms with Gasteiger partial charge in [-0.25, -0.2) is 8.42 Å². The van der Waals surface area contributed by atoms with Gasteiger partial charge in [0.25, 0.3) is 0 Å². The van der Waals surface area contributed by atoms with Crippen molar-refractivity contribution in [3.8, 4) is 11.4 Å². The van der Waals surface area contributed by atoms with Crippen molar-refractivity contribution in [2.24, 2.45) is 0 Å². The molecule has 7 nitrogen and oxygen atoms in total. The van der Waals surface area contributed by atoms with Gasteiger partial charge in [-0.1, -0.05) is 61.5 Å². The summed E-state index contributed by atoms with van der Waals surface area (Å²) in [5.74, 6) is 1.48. The molecule has 0 saturated carbocycles. The van der Waals surface area contributed by atoms with E-state index in [0.29, 0.717) is 55.3 Å². The van der Waals surface area contributed by atoms with Crippen molar-refractivity contribution in [1.29, 1.82) is 0 Å². The van der Waals surface area contributed by atoms with Crippen molar-refractivity contribution in [3.05, 3.63) is 66.1 Å². The number of hydrogen-bond acceptors (Lipinski definition) is 6. The second-order valence-corrected chi connectivity index (χ2v) is 9.72. The topological polar surface area (TPSA) is 79.5 Å². The molecule has 30 heavy (non-hydrogen) atoms. The summed E-state index contributed by atoms with van der Waals surface area (Å²) >= 11 is 0. The second-order valence-electron chi connectivity index (χ2n) is 7.78. The first-order valence-corrected chi connectivity index (χ1v) is 11.6. The van der Waals surface area contributed by atoms with Crippen LogP contribution in [0.5, 0.6) is 0 Å². The monoisotopic (exact) mass is 426 g/mol. The fourth-order valence-electron chi connectivity index (χ4n) is 3.52. The van der Waals surface area contributed by atoms with E-state index in [1.54, 1.807) is 16.4 Å². The molecular formula is C22H26N4O3S. The van der Waals surface area contributed by atoms with E-state index in [4.69, 9.17) is 4.52 Å². The lowest BCUT2D eigenvalue weighted by Crippen LogP contribution is -2.48. The van der Waals surface area contributed by atoms with Crippen LogP contribution in [-0.4, -0.2) is 53.9 Å². The fraction of sp³-hybridized carbons (Fsp3) is 0.364. The summed E-state index contributed by atoms with van der Waals surface area (Å²) in [6, 6.07) is 16.9. The molecule has 8 heteroatoms. The van der Waals surface area contributed by atoms with Crippen molar-refractivity contribution < 1.29 is 12.9 Å². The van der Waals surface area contributed by atoms with Gasteiger partial charge in [0.05, 0.1) is 11.4 Å². The Morgan fingerprint density at radius 2 is 1.63 bits per heavy atom. The van der Waals surface area contributed by atoms with Crippen LogP contribution in [0, 0.1) is 0 Å². The zero-order valence-corrected chi connectivity index (χ0v) is 18.0. The third-order valence-electron chi connectivity index (χ3n) is 5.37. The number of benzene rings is 2. The maximum absolute atomic E-state index is 13.0. The predicted molar refractivity (Wildman–Crippen MR) is 114 cm³/mol. The zero-order valence-electron chi connectivity index (χ0n) is 17.2. The number of nitrogens with zero attached hydrogens (tertiary/aromatic N) is 4. The summed E-state index contributed by atoms with van der Waals surface area (Å²) < 4.78 is 32.9. The van der Waals surface area contributed by atoms with Crippen LogP contribution < -0.4 is 0 Å². The molecule has 0 bridgehead atoms. The SMILES string of the molecule is CC(C)c1ccc(S(=O)(=O)N2CCN(Cc3nc(-c4ccccc4)no3)CC2)cc1. The van der Waals surface area contributed by atoms with Crippen LogP contribution >= 0.6 is 0 Å². The van der Waals surface area contributed by atoms with Gasteiger partial charge in [-0.2, -0.15) is 9.29 Å². The minimum atomic E-state index is -3.48. The Morgan fingerprint density at radius 3 is 2.27 bits per heavy atom. The first kappa shape index (κ1) is 20.7. The average molecular weight is 427 g/mol. The third kappa shape index (κ3) is 4.45. The van der Waals surface area contributed by atoms with Crippen LogP contribution in [0.4, 0.5) is 0 Å². The molecule has 1 saturated heterocycles.